The monoisotopic (exact) mass is 431 g/mol. The van der Waals surface area contributed by atoms with Crippen LogP contribution in [0.5, 0.6) is 5.88 Å². The molecule has 5 heteroatoms. The zero-order chi connectivity index (χ0) is 22.6. The Morgan fingerprint density at radius 3 is 2.53 bits per heavy atom. The summed E-state index contributed by atoms with van der Waals surface area (Å²) in [6.45, 7) is 8.55. The number of Topliss-reactive ketones (excluding diaryl/α,β-unsaturated/α-hetero) is 1. The number of likely N-dealkylation sites (tertiary alicyclic amines) is 1. The van der Waals surface area contributed by atoms with Crippen LogP contribution in [0.4, 0.5) is 0 Å². The highest BCUT2D eigenvalue weighted by atomic mass is 16.5. The first kappa shape index (κ1) is 22.4. The molecule has 2 heterocycles. The molecule has 1 aliphatic rings. The van der Waals surface area contributed by atoms with E-state index in [0.29, 0.717) is 24.6 Å². The smallest absolute Gasteiger partial charge is 0.237 e. The number of rotatable bonds is 7. The predicted octanol–water partition coefficient (Wildman–Crippen LogP) is 5.22. The summed E-state index contributed by atoms with van der Waals surface area (Å²) in [6.07, 6.45) is 6.63. The summed E-state index contributed by atoms with van der Waals surface area (Å²) in [5, 5.41) is 2.50. The summed E-state index contributed by atoms with van der Waals surface area (Å²) in [4.78, 5) is 24.2. The molecule has 0 atom stereocenters. The molecule has 2 aromatic carbocycles. The van der Waals surface area contributed by atoms with Crippen molar-refractivity contribution in [2.24, 2.45) is 5.92 Å². The van der Waals surface area contributed by atoms with Gasteiger partial charge in [0, 0.05) is 31.3 Å². The molecule has 0 amide bonds. The third kappa shape index (κ3) is 5.71. The van der Waals surface area contributed by atoms with E-state index in [-0.39, 0.29) is 11.5 Å². The Hall–Kier alpha value is -2.79. The fraction of sp³-hybridized carbons (Fsp3) is 0.444. The molecular weight excluding hydrogens is 398 g/mol. The van der Waals surface area contributed by atoms with E-state index in [1.807, 2.05) is 20.8 Å². The van der Waals surface area contributed by atoms with Crippen molar-refractivity contribution in [2.75, 3.05) is 13.1 Å². The van der Waals surface area contributed by atoms with Gasteiger partial charge in [0.2, 0.25) is 5.88 Å². The highest BCUT2D eigenvalue weighted by molar-refractivity contribution is 5.87. The lowest BCUT2D eigenvalue weighted by Gasteiger charge is -2.31. The lowest BCUT2D eigenvalue weighted by Crippen LogP contribution is -2.36. The number of hydrogen-bond acceptors (Lipinski definition) is 5. The molecule has 1 aromatic heterocycles. The van der Waals surface area contributed by atoms with Crippen LogP contribution >= 0.6 is 0 Å². The van der Waals surface area contributed by atoms with Gasteiger partial charge in [0.05, 0.1) is 0 Å². The molecule has 1 saturated heterocycles. The summed E-state index contributed by atoms with van der Waals surface area (Å²) in [6, 6.07) is 14.8. The van der Waals surface area contributed by atoms with Crippen LogP contribution < -0.4 is 4.74 Å². The van der Waals surface area contributed by atoms with E-state index in [4.69, 9.17) is 4.74 Å². The van der Waals surface area contributed by atoms with Crippen molar-refractivity contribution in [3.8, 4) is 5.88 Å². The number of hydrogen-bond donors (Lipinski definition) is 0. The maximum atomic E-state index is 12.9. The molecule has 0 aliphatic carbocycles. The molecule has 0 N–H and O–H groups in total. The van der Waals surface area contributed by atoms with Crippen LogP contribution in [0.15, 0.2) is 54.9 Å². The van der Waals surface area contributed by atoms with E-state index in [1.54, 1.807) is 12.4 Å². The van der Waals surface area contributed by atoms with Crippen molar-refractivity contribution < 1.29 is 9.53 Å². The number of fused-ring (bicyclic) bond motifs is 1. The van der Waals surface area contributed by atoms with Gasteiger partial charge in [-0.05, 0) is 69.5 Å². The summed E-state index contributed by atoms with van der Waals surface area (Å²) in [5.74, 6) is 1.16. The standard InChI is InChI=1S/C27H33N3O2/c1-27(2,3)32-26-24(28-15-16-29-26)19-30-17-13-22(14-18-30)25(31)12-11-21-9-6-8-20-7-4-5-10-23(20)21/h4-10,15-16,22H,11-14,17-19H2,1-3H3. The summed E-state index contributed by atoms with van der Waals surface area (Å²) in [5.41, 5.74) is 1.82. The van der Waals surface area contributed by atoms with Crippen LogP contribution in [0.25, 0.3) is 10.8 Å². The number of carbonyl (C=O) groups excluding carboxylic acids is 1. The lowest BCUT2D eigenvalue weighted by molar-refractivity contribution is -0.124. The van der Waals surface area contributed by atoms with Crippen molar-refractivity contribution in [2.45, 2.75) is 58.6 Å². The van der Waals surface area contributed by atoms with Crippen molar-refractivity contribution >= 4 is 16.6 Å². The number of ether oxygens (including phenoxy) is 1. The second-order valence-electron chi connectivity index (χ2n) is 9.68. The fourth-order valence-corrected chi connectivity index (χ4v) is 4.44. The Bertz CT molecular complexity index is 1060. The Kier molecular flexibility index (Phi) is 6.85. The minimum atomic E-state index is -0.311. The molecule has 0 radical (unpaired) electrons. The number of nitrogens with zero attached hydrogens (tertiary/aromatic N) is 3. The number of carbonyl (C=O) groups is 1. The minimum absolute atomic E-state index is 0.161. The second-order valence-corrected chi connectivity index (χ2v) is 9.68. The maximum absolute atomic E-state index is 12.9. The van der Waals surface area contributed by atoms with Gasteiger partial charge in [-0.3, -0.25) is 14.7 Å². The van der Waals surface area contributed by atoms with Gasteiger partial charge in [0.25, 0.3) is 0 Å². The van der Waals surface area contributed by atoms with Gasteiger partial charge in [0.15, 0.2) is 0 Å². The van der Waals surface area contributed by atoms with Crippen LogP contribution in [0.3, 0.4) is 0 Å². The normalized spacial score (nSPS) is 15.7. The third-order valence-corrected chi connectivity index (χ3v) is 6.08. The van der Waals surface area contributed by atoms with E-state index in [9.17, 15) is 4.79 Å². The Labute approximate surface area is 190 Å². The van der Waals surface area contributed by atoms with Gasteiger partial charge in [0.1, 0.15) is 17.1 Å². The first-order valence-electron chi connectivity index (χ1n) is 11.6. The average molecular weight is 432 g/mol. The molecule has 4 rings (SSSR count). The van der Waals surface area contributed by atoms with Crippen LogP contribution in [0.1, 0.15) is 51.3 Å². The van der Waals surface area contributed by atoms with Crippen molar-refractivity contribution in [1.29, 1.82) is 0 Å². The summed E-state index contributed by atoms with van der Waals surface area (Å²) < 4.78 is 5.98. The SMILES string of the molecule is CC(C)(C)Oc1nccnc1CN1CCC(C(=O)CCc2cccc3ccccc23)CC1. The van der Waals surface area contributed by atoms with Gasteiger partial charge in [-0.2, -0.15) is 0 Å². The Balaban J connectivity index is 1.30. The molecule has 1 fully saturated rings. The van der Waals surface area contributed by atoms with Crippen molar-refractivity contribution in [3.63, 3.8) is 0 Å². The van der Waals surface area contributed by atoms with Crippen LogP contribution in [-0.4, -0.2) is 39.3 Å². The number of benzene rings is 2. The average Bonchev–Trinajstić information content (AvgIpc) is 2.78. The number of aryl methyl sites for hydroxylation is 1. The summed E-state index contributed by atoms with van der Waals surface area (Å²) in [7, 11) is 0. The molecule has 0 bridgehead atoms. The van der Waals surface area contributed by atoms with E-state index in [0.717, 1.165) is 38.0 Å². The highest BCUT2D eigenvalue weighted by Gasteiger charge is 2.26. The fourth-order valence-electron chi connectivity index (χ4n) is 4.44. The predicted molar refractivity (Wildman–Crippen MR) is 128 cm³/mol. The molecule has 168 valence electrons. The number of piperidine rings is 1. The lowest BCUT2D eigenvalue weighted by atomic mass is 9.89. The van der Waals surface area contributed by atoms with E-state index in [2.05, 4.69) is 57.3 Å². The molecule has 1 aliphatic heterocycles. The zero-order valence-corrected chi connectivity index (χ0v) is 19.4. The van der Waals surface area contributed by atoms with Crippen LogP contribution in [-0.2, 0) is 17.8 Å². The first-order chi connectivity index (χ1) is 15.4. The van der Waals surface area contributed by atoms with Gasteiger partial charge in [-0.25, -0.2) is 4.98 Å². The van der Waals surface area contributed by atoms with Crippen molar-refractivity contribution in [3.05, 3.63) is 66.1 Å². The minimum Gasteiger partial charge on any atom is -0.471 e. The quantitative estimate of drug-likeness (QED) is 0.513. The molecule has 0 unspecified atom stereocenters. The topological polar surface area (TPSA) is 55.3 Å². The van der Waals surface area contributed by atoms with Crippen molar-refractivity contribution in [1.82, 2.24) is 14.9 Å². The van der Waals surface area contributed by atoms with Gasteiger partial charge in [-0.15, -0.1) is 0 Å². The van der Waals surface area contributed by atoms with Gasteiger partial charge in [-0.1, -0.05) is 42.5 Å². The van der Waals surface area contributed by atoms with Crippen LogP contribution in [0, 0.1) is 5.92 Å². The first-order valence-corrected chi connectivity index (χ1v) is 11.6. The number of ketones is 1. The number of aromatic nitrogens is 2. The summed E-state index contributed by atoms with van der Waals surface area (Å²) >= 11 is 0. The molecular formula is C27H33N3O2. The Morgan fingerprint density at radius 1 is 1.03 bits per heavy atom. The zero-order valence-electron chi connectivity index (χ0n) is 19.4. The maximum Gasteiger partial charge on any atom is 0.237 e. The highest BCUT2D eigenvalue weighted by Crippen LogP contribution is 2.26. The molecule has 0 spiro atoms. The van der Waals surface area contributed by atoms with Gasteiger partial charge < -0.3 is 4.74 Å². The molecule has 0 saturated carbocycles. The van der Waals surface area contributed by atoms with E-state index < -0.39 is 0 Å². The van der Waals surface area contributed by atoms with Gasteiger partial charge >= 0.3 is 0 Å². The largest absolute Gasteiger partial charge is 0.471 e. The Morgan fingerprint density at radius 2 is 1.75 bits per heavy atom. The molecule has 3 aromatic rings. The molecule has 32 heavy (non-hydrogen) atoms. The second kappa shape index (κ2) is 9.78. The van der Waals surface area contributed by atoms with Crippen LogP contribution in [0.2, 0.25) is 0 Å². The molecule has 5 nitrogen and oxygen atoms in total. The van der Waals surface area contributed by atoms with E-state index >= 15 is 0 Å². The third-order valence-electron chi connectivity index (χ3n) is 6.08. The van der Waals surface area contributed by atoms with E-state index in [1.165, 1.54) is 16.3 Å².